The van der Waals surface area contributed by atoms with Gasteiger partial charge in [-0.3, -0.25) is 4.79 Å². The van der Waals surface area contributed by atoms with Crippen molar-refractivity contribution in [2.75, 3.05) is 5.75 Å². The quantitative estimate of drug-likeness (QED) is 0.806. The molecule has 1 N–H and O–H groups in total. The van der Waals surface area contributed by atoms with Crippen molar-refractivity contribution >= 4 is 17.7 Å². The average Bonchev–Trinajstić information content (AvgIpc) is 3.01. The van der Waals surface area contributed by atoms with E-state index in [2.05, 4.69) is 26.9 Å². The van der Waals surface area contributed by atoms with E-state index >= 15 is 0 Å². The van der Waals surface area contributed by atoms with Crippen LogP contribution in [0.2, 0.25) is 0 Å². The van der Waals surface area contributed by atoms with Crippen LogP contribution in [0, 0.1) is 24.2 Å². The Morgan fingerprint density at radius 3 is 2.88 bits per heavy atom. The van der Waals surface area contributed by atoms with Crippen LogP contribution >= 0.6 is 11.8 Å². The Morgan fingerprint density at radius 1 is 1.50 bits per heavy atom. The van der Waals surface area contributed by atoms with Gasteiger partial charge in [-0.05, 0) is 47.9 Å². The first-order valence-electron chi connectivity index (χ1n) is 7.56. The molecular formula is C16H20N6OS. The summed E-state index contributed by atoms with van der Waals surface area (Å²) in [5.41, 5.74) is 1.05. The molecule has 0 aliphatic heterocycles. The Balaban J connectivity index is 2.05. The largest absolute Gasteiger partial charge is 0.337 e. The Bertz CT molecular complexity index is 766. The number of aryl methyl sites for hydroxylation is 1. The molecule has 0 spiro atoms. The maximum absolute atomic E-state index is 12.2. The average molecular weight is 344 g/mol. The number of hydrogen-bond acceptors (Lipinski definition) is 6. The molecule has 0 aliphatic rings. The first-order valence-corrected chi connectivity index (χ1v) is 8.55. The van der Waals surface area contributed by atoms with E-state index in [0.717, 1.165) is 11.3 Å². The fraction of sp³-hybridized carbons (Fsp3) is 0.438. The molecule has 0 bridgehead atoms. The zero-order valence-corrected chi connectivity index (χ0v) is 15.0. The summed E-state index contributed by atoms with van der Waals surface area (Å²) in [5, 5.41) is 24.2. The molecule has 126 valence electrons. The zero-order valence-electron chi connectivity index (χ0n) is 14.1. The smallest absolute Gasteiger partial charge is 0.231 e. The van der Waals surface area contributed by atoms with Crippen LogP contribution in [-0.2, 0) is 4.79 Å². The molecular weight excluding hydrogens is 324 g/mol. The van der Waals surface area contributed by atoms with Crippen molar-refractivity contribution < 1.29 is 4.79 Å². The van der Waals surface area contributed by atoms with Crippen molar-refractivity contribution in [2.45, 2.75) is 38.4 Å². The summed E-state index contributed by atoms with van der Waals surface area (Å²) in [7, 11) is 0. The number of nitrogens with zero attached hydrogens (tertiary/aromatic N) is 5. The Labute approximate surface area is 145 Å². The number of thioether (sulfide) groups is 1. The van der Waals surface area contributed by atoms with Gasteiger partial charge in [0.2, 0.25) is 11.1 Å². The number of carbonyl (C=O) groups excluding carboxylic acids is 1. The lowest BCUT2D eigenvalue weighted by Gasteiger charge is -2.27. The Kier molecular flexibility index (Phi) is 5.57. The van der Waals surface area contributed by atoms with E-state index < -0.39 is 5.54 Å². The second-order valence-electron chi connectivity index (χ2n) is 6.02. The van der Waals surface area contributed by atoms with Crippen molar-refractivity contribution in [2.24, 2.45) is 5.92 Å². The molecule has 1 amide bonds. The molecule has 1 heterocycles. The second-order valence-corrected chi connectivity index (χ2v) is 6.96. The molecule has 0 saturated carbocycles. The number of nitrogens with one attached hydrogen (secondary N) is 1. The van der Waals surface area contributed by atoms with Gasteiger partial charge in [-0.25, -0.2) is 0 Å². The van der Waals surface area contributed by atoms with Gasteiger partial charge >= 0.3 is 0 Å². The molecule has 0 fully saturated rings. The van der Waals surface area contributed by atoms with Crippen LogP contribution in [0.25, 0.3) is 5.69 Å². The molecule has 1 unspecified atom stereocenters. The van der Waals surface area contributed by atoms with Crippen LogP contribution in [0.15, 0.2) is 29.4 Å². The van der Waals surface area contributed by atoms with Crippen LogP contribution in [0.3, 0.4) is 0 Å². The topological polar surface area (TPSA) is 96.5 Å². The second kappa shape index (κ2) is 7.45. The highest BCUT2D eigenvalue weighted by molar-refractivity contribution is 7.99. The van der Waals surface area contributed by atoms with Gasteiger partial charge in [0.1, 0.15) is 5.54 Å². The molecule has 7 nitrogen and oxygen atoms in total. The number of amides is 1. The fourth-order valence-corrected chi connectivity index (χ4v) is 2.64. The summed E-state index contributed by atoms with van der Waals surface area (Å²) in [5.74, 6) is -0.0819. The van der Waals surface area contributed by atoms with E-state index in [1.54, 1.807) is 11.6 Å². The van der Waals surface area contributed by atoms with Crippen molar-refractivity contribution in [1.29, 1.82) is 5.26 Å². The number of carbonyl (C=O) groups is 1. The van der Waals surface area contributed by atoms with Gasteiger partial charge in [-0.2, -0.15) is 9.94 Å². The number of nitriles is 1. The van der Waals surface area contributed by atoms with Crippen LogP contribution in [0.1, 0.15) is 26.3 Å². The fourth-order valence-electron chi connectivity index (χ4n) is 1.95. The minimum atomic E-state index is -0.889. The van der Waals surface area contributed by atoms with Gasteiger partial charge in [0.05, 0.1) is 17.5 Å². The highest BCUT2D eigenvalue weighted by Gasteiger charge is 2.30. The molecule has 8 heteroatoms. The van der Waals surface area contributed by atoms with Gasteiger partial charge in [0.15, 0.2) is 0 Å². The maximum Gasteiger partial charge on any atom is 0.231 e. The predicted octanol–water partition coefficient (Wildman–Crippen LogP) is 2.12. The number of rotatable bonds is 6. The molecule has 0 radical (unpaired) electrons. The van der Waals surface area contributed by atoms with Crippen molar-refractivity contribution in [3.8, 4) is 11.8 Å². The highest BCUT2D eigenvalue weighted by atomic mass is 32.2. The van der Waals surface area contributed by atoms with Gasteiger partial charge in [-0.1, -0.05) is 37.7 Å². The Morgan fingerprint density at radius 2 is 2.25 bits per heavy atom. The normalized spacial score (nSPS) is 13.3. The summed E-state index contributed by atoms with van der Waals surface area (Å²) in [4.78, 5) is 12.2. The van der Waals surface area contributed by atoms with E-state index in [1.807, 2.05) is 45.0 Å². The van der Waals surface area contributed by atoms with Crippen molar-refractivity contribution in [3.63, 3.8) is 0 Å². The minimum absolute atomic E-state index is 0.00839. The standard InChI is InChI=1S/C16H20N6OS/c1-11(2)16(4,10-17)18-14(23)9-24-15-19-20-21-22(15)13-7-5-6-12(3)8-13/h5-8,11H,9H2,1-4H3,(H,18,23). The van der Waals surface area contributed by atoms with Gasteiger partial charge in [-0.15, -0.1) is 5.10 Å². The van der Waals surface area contributed by atoms with E-state index in [9.17, 15) is 10.1 Å². The molecule has 0 saturated heterocycles. The zero-order chi connectivity index (χ0) is 17.7. The monoisotopic (exact) mass is 344 g/mol. The maximum atomic E-state index is 12.2. The lowest BCUT2D eigenvalue weighted by atomic mass is 9.90. The number of hydrogen-bond donors (Lipinski definition) is 1. The van der Waals surface area contributed by atoms with Crippen LogP contribution < -0.4 is 5.32 Å². The van der Waals surface area contributed by atoms with Crippen molar-refractivity contribution in [3.05, 3.63) is 29.8 Å². The third-order valence-electron chi connectivity index (χ3n) is 3.81. The molecule has 1 atom stereocenters. The van der Waals surface area contributed by atoms with Crippen LogP contribution in [0.4, 0.5) is 0 Å². The molecule has 0 aliphatic carbocycles. The summed E-state index contributed by atoms with van der Waals surface area (Å²) < 4.78 is 1.59. The van der Waals surface area contributed by atoms with Gasteiger partial charge in [0, 0.05) is 0 Å². The van der Waals surface area contributed by atoms with E-state index in [0.29, 0.717) is 5.16 Å². The number of tetrazole rings is 1. The first-order chi connectivity index (χ1) is 11.4. The summed E-state index contributed by atoms with van der Waals surface area (Å²) in [6, 6.07) is 9.94. The van der Waals surface area contributed by atoms with Crippen molar-refractivity contribution in [1.82, 2.24) is 25.5 Å². The molecule has 24 heavy (non-hydrogen) atoms. The van der Waals surface area contributed by atoms with Crippen LogP contribution in [0.5, 0.6) is 0 Å². The molecule has 1 aromatic carbocycles. The van der Waals surface area contributed by atoms with Crippen LogP contribution in [-0.4, -0.2) is 37.4 Å². The van der Waals surface area contributed by atoms with E-state index in [4.69, 9.17) is 0 Å². The summed E-state index contributed by atoms with van der Waals surface area (Å²) in [6.07, 6.45) is 0. The lowest BCUT2D eigenvalue weighted by Crippen LogP contribution is -2.49. The van der Waals surface area contributed by atoms with Gasteiger partial charge in [0.25, 0.3) is 0 Å². The third-order valence-corrected chi connectivity index (χ3v) is 4.72. The third kappa shape index (κ3) is 4.11. The molecule has 2 rings (SSSR count). The molecule has 2 aromatic rings. The number of aromatic nitrogens is 4. The number of benzene rings is 1. The van der Waals surface area contributed by atoms with Gasteiger partial charge < -0.3 is 5.32 Å². The minimum Gasteiger partial charge on any atom is -0.337 e. The molecule has 1 aromatic heterocycles. The van der Waals surface area contributed by atoms with E-state index in [-0.39, 0.29) is 17.6 Å². The summed E-state index contributed by atoms with van der Waals surface area (Å²) >= 11 is 1.23. The highest BCUT2D eigenvalue weighted by Crippen LogP contribution is 2.20. The summed E-state index contributed by atoms with van der Waals surface area (Å²) in [6.45, 7) is 7.50. The first kappa shape index (κ1) is 17.9. The Hall–Kier alpha value is -2.40. The van der Waals surface area contributed by atoms with E-state index in [1.165, 1.54) is 11.8 Å². The SMILES string of the molecule is Cc1cccc(-n2nnnc2SCC(=O)NC(C)(C#N)C(C)C)c1. The predicted molar refractivity (Wildman–Crippen MR) is 91.6 cm³/mol. The lowest BCUT2D eigenvalue weighted by molar-refractivity contribution is -0.120.